The van der Waals surface area contributed by atoms with Gasteiger partial charge in [-0.1, -0.05) is 48.1 Å². The Hall–Kier alpha value is 1.84. The van der Waals surface area contributed by atoms with Crippen LogP contribution in [0.25, 0.3) is 0 Å². The number of carbonyl (C=O) groups is 1. The zero-order valence-corrected chi connectivity index (χ0v) is 34.5. The van der Waals surface area contributed by atoms with Gasteiger partial charge in [0.25, 0.3) is 0 Å². The second kappa shape index (κ2) is 28.4. The van der Waals surface area contributed by atoms with Crippen LogP contribution in [-0.2, 0) is 28.5 Å². The summed E-state index contributed by atoms with van der Waals surface area (Å²) in [5.41, 5.74) is 1.62. The lowest BCUT2D eigenvalue weighted by atomic mass is 10.2. The highest BCUT2D eigenvalue weighted by molar-refractivity contribution is 8.40. The monoisotopic (exact) mass is 806 g/mol. The Morgan fingerprint density at radius 1 is 0.587 bits per heavy atom. The number of ether oxygens (including phenoxy) is 5. The van der Waals surface area contributed by atoms with Crippen molar-refractivity contribution in [3.63, 3.8) is 0 Å². The minimum atomic E-state index is 0.230. The van der Waals surface area contributed by atoms with E-state index in [-0.39, 0.29) is 5.12 Å². The Bertz CT molecular complexity index is 963. The van der Waals surface area contributed by atoms with E-state index in [4.69, 9.17) is 23.7 Å². The van der Waals surface area contributed by atoms with Crippen molar-refractivity contribution < 1.29 is 28.5 Å². The number of allylic oxidation sites excluding steroid dienone is 1. The Labute approximate surface area is 315 Å². The largest absolute Gasteiger partial charge is 0.378 e. The van der Waals surface area contributed by atoms with Crippen LogP contribution in [0.4, 0.5) is 0 Å². The van der Waals surface area contributed by atoms with Crippen LogP contribution in [0.5, 0.6) is 0 Å². The molecule has 0 radical (unpaired) electrons. The summed E-state index contributed by atoms with van der Waals surface area (Å²) in [7, 11) is 0. The molecule has 0 aromatic heterocycles. The van der Waals surface area contributed by atoms with Gasteiger partial charge >= 0.3 is 0 Å². The van der Waals surface area contributed by atoms with Gasteiger partial charge in [-0.25, -0.2) is 0 Å². The number of rotatable bonds is 9. The molecule has 0 amide bonds. The first-order valence-corrected chi connectivity index (χ1v) is 24.7. The van der Waals surface area contributed by atoms with Gasteiger partial charge in [0.2, 0.25) is 0 Å². The molecule has 15 heteroatoms. The first kappa shape index (κ1) is 42.3. The second-order valence-electron chi connectivity index (χ2n) is 10.0. The van der Waals surface area contributed by atoms with E-state index in [0.29, 0.717) is 52.9 Å². The van der Waals surface area contributed by atoms with Crippen LogP contribution in [0.3, 0.4) is 0 Å². The molecule has 3 rings (SSSR count). The lowest BCUT2D eigenvalue weighted by Gasteiger charge is -2.13. The highest BCUT2D eigenvalue weighted by Gasteiger charge is 2.25. The van der Waals surface area contributed by atoms with Crippen molar-refractivity contribution in [3.8, 4) is 0 Å². The summed E-state index contributed by atoms with van der Waals surface area (Å²) in [6.07, 6.45) is 9.28. The van der Waals surface area contributed by atoms with Crippen molar-refractivity contribution in [2.45, 2.75) is 45.4 Å². The lowest BCUT2D eigenvalue weighted by molar-refractivity contribution is -0.109. The minimum absolute atomic E-state index is 0.230. The number of carbonyl (C=O) groups excluding carboxylic acids is 1. The SMILES string of the molecule is CSC1=C2SCCOCCOCCOCCOCCOCCS/C3=C(\SCCCCCCSC(C)=O)SCC/C(=C(/S1)S2)CCS3. The Kier molecular flexibility index (Phi) is 26.1. The molecule has 0 spiro atoms. The molecule has 0 N–H and O–H groups in total. The summed E-state index contributed by atoms with van der Waals surface area (Å²) >= 11 is 17.3. The van der Waals surface area contributed by atoms with Crippen molar-refractivity contribution in [2.75, 3.05) is 107 Å². The maximum atomic E-state index is 11.2. The van der Waals surface area contributed by atoms with E-state index in [0.717, 1.165) is 67.0 Å². The maximum Gasteiger partial charge on any atom is 0.185 e. The predicted octanol–water partition coefficient (Wildman–Crippen LogP) is 9.69. The van der Waals surface area contributed by atoms with E-state index in [1.807, 2.05) is 70.6 Å². The van der Waals surface area contributed by atoms with Crippen molar-refractivity contribution in [1.82, 2.24) is 0 Å². The third-order valence-corrected chi connectivity index (χ3v) is 18.3. The molecule has 46 heavy (non-hydrogen) atoms. The summed E-state index contributed by atoms with van der Waals surface area (Å²) in [5, 5.41) is 0.230. The van der Waals surface area contributed by atoms with Crippen molar-refractivity contribution in [2.24, 2.45) is 0 Å². The van der Waals surface area contributed by atoms with Crippen molar-refractivity contribution in [1.29, 1.82) is 0 Å². The fourth-order valence-corrected chi connectivity index (χ4v) is 15.8. The molecule has 0 saturated heterocycles. The Balaban J connectivity index is 1.57. The van der Waals surface area contributed by atoms with Gasteiger partial charge in [-0.2, -0.15) is 0 Å². The Morgan fingerprint density at radius 2 is 1.11 bits per heavy atom. The van der Waals surface area contributed by atoms with E-state index in [1.54, 1.807) is 12.5 Å². The zero-order chi connectivity index (χ0) is 32.5. The van der Waals surface area contributed by atoms with Crippen molar-refractivity contribution >= 4 is 111 Å². The van der Waals surface area contributed by atoms with Crippen LogP contribution in [0.1, 0.15) is 45.4 Å². The van der Waals surface area contributed by atoms with Gasteiger partial charge in [-0.3, -0.25) is 4.79 Å². The molecule has 0 atom stereocenters. The standard InChI is InChI=1S/C31H50O6S9/c1-25(32)39-19-5-3-4-6-20-40-29-30-42-22-8-26(7-21-41-29)27-45-28(38-2)31(46-27)44-24-18-37-16-14-35-12-10-33-9-11-34-13-15-36-17-23-43-30/h3-24H2,1-2H3/b27-26+,30-29+. The van der Waals surface area contributed by atoms with Crippen LogP contribution < -0.4 is 0 Å². The summed E-state index contributed by atoms with van der Waals surface area (Å²) in [6.45, 7) is 7.79. The van der Waals surface area contributed by atoms with E-state index in [9.17, 15) is 4.79 Å². The molecule has 4 bridgehead atoms. The molecule has 3 aliphatic heterocycles. The molecule has 0 aromatic rings. The van der Waals surface area contributed by atoms with Gasteiger partial charge in [0.1, 0.15) is 0 Å². The summed E-state index contributed by atoms with van der Waals surface area (Å²) < 4.78 is 36.0. The van der Waals surface area contributed by atoms with Crippen molar-refractivity contribution in [3.05, 3.63) is 26.8 Å². The van der Waals surface area contributed by atoms with Gasteiger partial charge < -0.3 is 23.7 Å². The topological polar surface area (TPSA) is 63.2 Å². The first-order valence-electron chi connectivity index (χ1n) is 15.9. The van der Waals surface area contributed by atoms with Gasteiger partial charge in [0.15, 0.2) is 5.12 Å². The highest BCUT2D eigenvalue weighted by atomic mass is 32.3. The van der Waals surface area contributed by atoms with Gasteiger partial charge in [0.05, 0.1) is 87.3 Å². The van der Waals surface area contributed by atoms with E-state index in [2.05, 4.69) is 29.8 Å². The number of hydrogen-bond donors (Lipinski definition) is 0. The fourth-order valence-electron chi connectivity index (χ4n) is 4.12. The zero-order valence-electron chi connectivity index (χ0n) is 27.2. The smallest absolute Gasteiger partial charge is 0.185 e. The molecule has 3 aliphatic rings. The van der Waals surface area contributed by atoms with Crippen LogP contribution in [0.2, 0.25) is 0 Å². The fraction of sp³-hybridized carbons (Fsp3) is 0.774. The molecular formula is C31H50O6S9. The molecule has 0 saturated carbocycles. The first-order chi connectivity index (χ1) is 22.7. The third-order valence-electron chi connectivity index (χ3n) is 6.44. The molecule has 6 nitrogen and oxygen atoms in total. The van der Waals surface area contributed by atoms with E-state index in [1.165, 1.54) is 52.2 Å². The van der Waals surface area contributed by atoms with E-state index >= 15 is 0 Å². The van der Waals surface area contributed by atoms with Gasteiger partial charge in [0, 0.05) is 35.7 Å². The number of unbranched alkanes of at least 4 members (excludes halogenated alkanes) is 3. The van der Waals surface area contributed by atoms with Gasteiger partial charge in [-0.05, 0) is 43.3 Å². The third kappa shape index (κ3) is 19.4. The molecule has 0 fully saturated rings. The lowest BCUT2D eigenvalue weighted by Crippen LogP contribution is -2.13. The molecule has 0 aliphatic carbocycles. The predicted molar refractivity (Wildman–Crippen MR) is 217 cm³/mol. The summed E-state index contributed by atoms with van der Waals surface area (Å²) in [6, 6.07) is 0. The average Bonchev–Trinajstić information content (AvgIpc) is 3.50. The normalized spacial score (nSPS) is 24.8. The quantitative estimate of drug-likeness (QED) is 0.208. The number of hydrogen-bond acceptors (Lipinski definition) is 15. The van der Waals surface area contributed by atoms with Crippen LogP contribution >= 0.6 is 106 Å². The highest BCUT2D eigenvalue weighted by Crippen LogP contribution is 2.58. The Morgan fingerprint density at radius 3 is 1.70 bits per heavy atom. The molecule has 0 unspecified atom stereocenters. The summed E-state index contributed by atoms with van der Waals surface area (Å²) in [5.74, 6) is 6.26. The number of fused-ring (bicyclic) bond motifs is 6. The van der Waals surface area contributed by atoms with E-state index < -0.39 is 0 Å². The molecule has 264 valence electrons. The minimum Gasteiger partial charge on any atom is -0.378 e. The van der Waals surface area contributed by atoms with Crippen LogP contribution in [-0.4, -0.2) is 112 Å². The molecule has 3 heterocycles. The van der Waals surface area contributed by atoms with Crippen LogP contribution in [0, 0.1) is 0 Å². The maximum absolute atomic E-state index is 11.2. The molecular weight excluding hydrogens is 757 g/mol. The van der Waals surface area contributed by atoms with Crippen LogP contribution in [0.15, 0.2) is 26.8 Å². The summed E-state index contributed by atoms with van der Waals surface area (Å²) in [4.78, 5) is 11.2. The second-order valence-corrected chi connectivity index (χ2v) is 21.0. The number of thioether (sulfide) groups is 9. The molecule has 0 aromatic carbocycles. The average molecular weight is 807 g/mol. The van der Waals surface area contributed by atoms with Gasteiger partial charge in [-0.15, -0.1) is 70.6 Å².